The van der Waals surface area contributed by atoms with Crippen LogP contribution in [0.5, 0.6) is 0 Å². The van der Waals surface area contributed by atoms with E-state index in [-0.39, 0.29) is 17.1 Å². The Hall–Kier alpha value is -2.86. The van der Waals surface area contributed by atoms with Gasteiger partial charge in [0.15, 0.2) is 5.13 Å². The molecule has 0 aliphatic carbocycles. The molecule has 2 aromatic heterocycles. The van der Waals surface area contributed by atoms with Crippen molar-refractivity contribution in [3.63, 3.8) is 0 Å². The summed E-state index contributed by atoms with van der Waals surface area (Å²) >= 11 is 2.34. The molecule has 0 aliphatic heterocycles. The number of carbonyl (C=O) groups excluding carboxylic acids is 1. The average molecular weight is 499 g/mol. The van der Waals surface area contributed by atoms with Gasteiger partial charge >= 0.3 is 11.9 Å². The Morgan fingerprint density at radius 3 is 2.58 bits per heavy atom. The fraction of sp³-hybridized carbons (Fsp3) is 0.333. The molecule has 0 saturated carbocycles. The van der Waals surface area contributed by atoms with Crippen LogP contribution in [-0.4, -0.2) is 26.3 Å². The van der Waals surface area contributed by atoms with E-state index >= 15 is 0 Å². The molecule has 7 nitrogen and oxygen atoms in total. The Balaban J connectivity index is 1.78. The molecule has 0 spiro atoms. The second-order valence-electron chi connectivity index (χ2n) is 7.40. The molecule has 1 aromatic carbocycles. The van der Waals surface area contributed by atoms with Gasteiger partial charge in [0.2, 0.25) is 5.91 Å². The fourth-order valence-corrected chi connectivity index (χ4v) is 4.99. The van der Waals surface area contributed by atoms with Crippen LogP contribution in [0.15, 0.2) is 44.3 Å². The number of thiazole rings is 1. The standard InChI is InChI=1S/C21H21F3N4O3S2/c1-11(16-17(30)27(2)20(31)28(3)18(16)32-4)8-15(29)26-19-25-14(10-33-19)12-6-5-7-13(9-12)21(22,23)24/h5-7,9-11H,8H2,1-4H3,(H,25,26,29). The highest BCUT2D eigenvalue weighted by atomic mass is 32.2. The number of nitrogens with zero attached hydrogens (tertiary/aromatic N) is 3. The molecule has 0 saturated heterocycles. The van der Waals surface area contributed by atoms with E-state index in [4.69, 9.17) is 0 Å². The van der Waals surface area contributed by atoms with Crippen LogP contribution in [0.4, 0.5) is 18.3 Å². The second-order valence-corrected chi connectivity index (χ2v) is 9.05. The molecule has 33 heavy (non-hydrogen) atoms. The largest absolute Gasteiger partial charge is 0.416 e. The number of halogens is 3. The molecule has 0 aliphatic rings. The Kier molecular flexibility index (Phi) is 7.17. The normalized spacial score (nSPS) is 12.6. The van der Waals surface area contributed by atoms with E-state index in [0.717, 1.165) is 28.0 Å². The number of rotatable bonds is 6. The summed E-state index contributed by atoms with van der Waals surface area (Å²) in [6, 6.07) is 4.79. The van der Waals surface area contributed by atoms with Crippen LogP contribution < -0.4 is 16.6 Å². The Morgan fingerprint density at radius 1 is 1.24 bits per heavy atom. The third kappa shape index (κ3) is 5.22. The monoisotopic (exact) mass is 498 g/mol. The smallest absolute Gasteiger partial charge is 0.302 e. The quantitative estimate of drug-likeness (QED) is 0.409. The number of aromatic nitrogens is 3. The molecule has 1 N–H and O–H groups in total. The predicted octanol–water partition coefficient (Wildman–Crippen LogP) is 4.08. The molecule has 3 aromatic rings. The van der Waals surface area contributed by atoms with Crippen LogP contribution in [0.3, 0.4) is 0 Å². The van der Waals surface area contributed by atoms with Crippen molar-refractivity contribution in [2.45, 2.75) is 30.5 Å². The van der Waals surface area contributed by atoms with Crippen LogP contribution >= 0.6 is 23.1 Å². The third-order valence-electron chi connectivity index (χ3n) is 5.06. The number of anilines is 1. The zero-order valence-electron chi connectivity index (χ0n) is 18.2. The number of alkyl halides is 3. The lowest BCUT2D eigenvalue weighted by atomic mass is 10.00. The first-order valence-electron chi connectivity index (χ1n) is 9.71. The van der Waals surface area contributed by atoms with Crippen molar-refractivity contribution < 1.29 is 18.0 Å². The number of thioether (sulfide) groups is 1. The second kappa shape index (κ2) is 9.56. The average Bonchev–Trinajstić information content (AvgIpc) is 3.22. The Morgan fingerprint density at radius 2 is 1.94 bits per heavy atom. The van der Waals surface area contributed by atoms with Gasteiger partial charge in [0.25, 0.3) is 5.56 Å². The summed E-state index contributed by atoms with van der Waals surface area (Å²) in [6.45, 7) is 1.72. The van der Waals surface area contributed by atoms with E-state index in [2.05, 4.69) is 10.3 Å². The number of amides is 1. The number of benzene rings is 1. The predicted molar refractivity (Wildman–Crippen MR) is 123 cm³/mol. The minimum Gasteiger partial charge on any atom is -0.302 e. The molecule has 3 rings (SSSR count). The summed E-state index contributed by atoms with van der Waals surface area (Å²) in [5.74, 6) is -0.892. The molecular weight excluding hydrogens is 477 g/mol. The minimum absolute atomic E-state index is 0.0422. The lowest BCUT2D eigenvalue weighted by Gasteiger charge is -2.17. The first-order valence-corrected chi connectivity index (χ1v) is 11.8. The van der Waals surface area contributed by atoms with Gasteiger partial charge in [-0.1, -0.05) is 19.1 Å². The Labute approximate surface area is 195 Å². The Bertz CT molecular complexity index is 1310. The first-order chi connectivity index (χ1) is 15.4. The van der Waals surface area contributed by atoms with Gasteiger partial charge in [0.1, 0.15) is 0 Å². The van der Waals surface area contributed by atoms with Gasteiger partial charge in [0.05, 0.1) is 21.8 Å². The highest BCUT2D eigenvalue weighted by Crippen LogP contribution is 2.33. The van der Waals surface area contributed by atoms with Crippen molar-refractivity contribution in [3.8, 4) is 11.3 Å². The SMILES string of the molecule is CSc1c(C(C)CC(=O)Nc2nc(-c3cccc(C(F)(F)F)c3)cs2)c(=O)n(C)c(=O)n1C. The van der Waals surface area contributed by atoms with Gasteiger partial charge < -0.3 is 5.32 Å². The maximum atomic E-state index is 13.0. The van der Waals surface area contributed by atoms with E-state index in [1.54, 1.807) is 25.6 Å². The number of nitrogens with one attached hydrogen (secondary N) is 1. The van der Waals surface area contributed by atoms with Crippen LogP contribution in [0.1, 0.15) is 30.4 Å². The van der Waals surface area contributed by atoms with Crippen molar-refractivity contribution in [1.82, 2.24) is 14.1 Å². The summed E-state index contributed by atoms with van der Waals surface area (Å²) in [7, 11) is 2.95. The molecule has 176 valence electrons. The molecule has 12 heteroatoms. The van der Waals surface area contributed by atoms with Crippen molar-refractivity contribution in [2.24, 2.45) is 14.1 Å². The van der Waals surface area contributed by atoms with Crippen LogP contribution in [0, 0.1) is 0 Å². The first kappa shape index (κ1) is 24.8. The number of hydrogen-bond acceptors (Lipinski definition) is 6. The molecule has 2 heterocycles. The van der Waals surface area contributed by atoms with Gasteiger partial charge in [-0.2, -0.15) is 13.2 Å². The fourth-order valence-electron chi connectivity index (χ4n) is 3.39. The summed E-state index contributed by atoms with van der Waals surface area (Å²) in [6.07, 6.45) is -2.76. The molecule has 1 amide bonds. The van der Waals surface area contributed by atoms with Crippen LogP contribution in [0.2, 0.25) is 0 Å². The zero-order valence-corrected chi connectivity index (χ0v) is 19.8. The van der Waals surface area contributed by atoms with Crippen LogP contribution in [0.25, 0.3) is 11.3 Å². The van der Waals surface area contributed by atoms with Crippen LogP contribution in [-0.2, 0) is 25.1 Å². The summed E-state index contributed by atoms with van der Waals surface area (Å²) in [5.41, 5.74) is -0.723. The molecular formula is C21H21F3N4O3S2. The van der Waals surface area contributed by atoms with E-state index in [1.807, 2.05) is 0 Å². The van der Waals surface area contributed by atoms with E-state index < -0.39 is 34.8 Å². The van der Waals surface area contributed by atoms with Crippen molar-refractivity contribution in [3.05, 3.63) is 61.6 Å². The maximum Gasteiger partial charge on any atom is 0.416 e. The molecule has 0 bridgehead atoms. The van der Waals surface area contributed by atoms with Gasteiger partial charge in [-0.3, -0.25) is 18.7 Å². The van der Waals surface area contributed by atoms with Gasteiger partial charge in [-0.25, -0.2) is 9.78 Å². The van der Waals surface area contributed by atoms with E-state index in [0.29, 0.717) is 16.3 Å². The lowest BCUT2D eigenvalue weighted by Crippen LogP contribution is -2.40. The van der Waals surface area contributed by atoms with E-state index in [9.17, 15) is 27.6 Å². The van der Waals surface area contributed by atoms with Gasteiger partial charge in [0, 0.05) is 31.5 Å². The molecule has 0 radical (unpaired) electrons. The summed E-state index contributed by atoms with van der Waals surface area (Å²) in [5, 5.41) is 4.92. The highest BCUT2D eigenvalue weighted by Gasteiger charge is 2.30. The van der Waals surface area contributed by atoms with Gasteiger partial charge in [-0.05, 0) is 24.3 Å². The van der Waals surface area contributed by atoms with Crippen molar-refractivity contribution in [1.29, 1.82) is 0 Å². The molecule has 1 atom stereocenters. The summed E-state index contributed by atoms with van der Waals surface area (Å²) in [4.78, 5) is 41.7. The topological polar surface area (TPSA) is 86.0 Å². The zero-order chi connectivity index (χ0) is 24.5. The highest BCUT2D eigenvalue weighted by molar-refractivity contribution is 7.98. The summed E-state index contributed by atoms with van der Waals surface area (Å²) < 4.78 is 41.3. The molecule has 1 unspecified atom stereocenters. The maximum absolute atomic E-state index is 13.0. The van der Waals surface area contributed by atoms with Crippen molar-refractivity contribution >= 4 is 34.1 Å². The van der Waals surface area contributed by atoms with Crippen molar-refractivity contribution in [2.75, 3.05) is 11.6 Å². The minimum atomic E-state index is -4.47. The lowest BCUT2D eigenvalue weighted by molar-refractivity contribution is -0.137. The van der Waals surface area contributed by atoms with E-state index in [1.165, 1.54) is 35.5 Å². The number of hydrogen-bond donors (Lipinski definition) is 1. The third-order valence-corrected chi connectivity index (χ3v) is 6.70. The van der Waals surface area contributed by atoms with Gasteiger partial charge in [-0.15, -0.1) is 23.1 Å². The molecule has 0 fully saturated rings. The number of carbonyl (C=O) groups is 1.